The Bertz CT molecular complexity index is 463. The summed E-state index contributed by atoms with van der Waals surface area (Å²) in [7, 11) is 0. The zero-order valence-electron chi connectivity index (χ0n) is 8.72. The Hall–Kier alpha value is -1.97. The van der Waals surface area contributed by atoms with Gasteiger partial charge in [0.25, 0.3) is 0 Å². The molecule has 0 aromatic heterocycles. The molecule has 0 radical (unpaired) electrons. The van der Waals surface area contributed by atoms with Gasteiger partial charge in [-0.2, -0.15) is 0 Å². The highest BCUT2D eigenvalue weighted by Gasteiger charge is 2.13. The van der Waals surface area contributed by atoms with Crippen molar-refractivity contribution in [2.45, 2.75) is 19.3 Å². The van der Waals surface area contributed by atoms with Crippen molar-refractivity contribution in [1.29, 1.82) is 0 Å². The molecule has 84 valence electrons. The van der Waals surface area contributed by atoms with Crippen LogP contribution in [0.2, 0.25) is 0 Å². The molecular formula is C12H13NO3. The van der Waals surface area contributed by atoms with E-state index in [1.165, 1.54) is 12.1 Å². The summed E-state index contributed by atoms with van der Waals surface area (Å²) in [4.78, 5) is 0. The summed E-state index contributed by atoms with van der Waals surface area (Å²) < 4.78 is 0. The fraction of sp³-hybridized carbons (Fsp3) is 0.250. The number of hydrogen-bond acceptors (Lipinski definition) is 4. The molecule has 0 heterocycles. The van der Waals surface area contributed by atoms with E-state index in [2.05, 4.69) is 5.16 Å². The van der Waals surface area contributed by atoms with Crippen molar-refractivity contribution in [3.8, 4) is 11.5 Å². The first-order valence-electron chi connectivity index (χ1n) is 5.14. The van der Waals surface area contributed by atoms with E-state index in [9.17, 15) is 10.2 Å². The Morgan fingerprint density at radius 2 is 1.94 bits per heavy atom. The van der Waals surface area contributed by atoms with Crippen LogP contribution in [0.3, 0.4) is 0 Å². The maximum atomic E-state index is 9.70. The van der Waals surface area contributed by atoms with Crippen LogP contribution in [0.15, 0.2) is 29.4 Å². The predicted molar refractivity (Wildman–Crippen MR) is 60.8 cm³/mol. The molecule has 1 aliphatic rings. The van der Waals surface area contributed by atoms with Gasteiger partial charge in [-0.3, -0.25) is 0 Å². The molecular weight excluding hydrogens is 206 g/mol. The molecule has 1 aromatic rings. The minimum Gasteiger partial charge on any atom is -0.508 e. The Kier molecular flexibility index (Phi) is 2.81. The predicted octanol–water partition coefficient (Wildman–Crippen LogP) is 2.50. The van der Waals surface area contributed by atoms with E-state index in [-0.39, 0.29) is 11.5 Å². The Balaban J connectivity index is 2.40. The normalized spacial score (nSPS) is 18.5. The van der Waals surface area contributed by atoms with Gasteiger partial charge in [-0.15, -0.1) is 0 Å². The van der Waals surface area contributed by atoms with Crippen molar-refractivity contribution in [3.63, 3.8) is 0 Å². The monoisotopic (exact) mass is 219 g/mol. The van der Waals surface area contributed by atoms with E-state index in [1.54, 1.807) is 12.1 Å². The molecule has 0 amide bonds. The van der Waals surface area contributed by atoms with Crippen molar-refractivity contribution in [1.82, 2.24) is 0 Å². The molecule has 0 saturated heterocycles. The quantitative estimate of drug-likeness (QED) is 0.502. The number of phenolic OH excluding ortho intramolecular Hbond substituents is 2. The minimum atomic E-state index is 0.0358. The van der Waals surface area contributed by atoms with Gasteiger partial charge in [-0.05, 0) is 43.0 Å². The number of benzene rings is 1. The highest BCUT2D eigenvalue weighted by Crippen LogP contribution is 2.33. The molecule has 0 aliphatic heterocycles. The van der Waals surface area contributed by atoms with Crippen LogP contribution in [0.1, 0.15) is 24.8 Å². The van der Waals surface area contributed by atoms with E-state index >= 15 is 0 Å². The lowest BCUT2D eigenvalue weighted by Crippen LogP contribution is -2.03. The largest absolute Gasteiger partial charge is 0.508 e. The van der Waals surface area contributed by atoms with Crippen molar-refractivity contribution < 1.29 is 15.4 Å². The molecule has 0 saturated carbocycles. The summed E-state index contributed by atoms with van der Waals surface area (Å²) in [5, 5.41) is 30.8. The van der Waals surface area contributed by atoms with E-state index in [0.29, 0.717) is 11.3 Å². The van der Waals surface area contributed by atoms with Crippen LogP contribution in [-0.4, -0.2) is 21.1 Å². The van der Waals surface area contributed by atoms with Crippen LogP contribution in [0.5, 0.6) is 11.5 Å². The van der Waals surface area contributed by atoms with Gasteiger partial charge in [0.2, 0.25) is 0 Å². The molecule has 2 rings (SSSR count). The van der Waals surface area contributed by atoms with Crippen molar-refractivity contribution in [3.05, 3.63) is 29.8 Å². The molecule has 1 aromatic carbocycles. The molecule has 1 aliphatic carbocycles. The molecule has 0 spiro atoms. The second-order valence-electron chi connectivity index (χ2n) is 3.82. The summed E-state index contributed by atoms with van der Waals surface area (Å²) in [5.41, 5.74) is 2.23. The highest BCUT2D eigenvalue weighted by atomic mass is 16.4. The standard InChI is InChI=1S/C12H13NO3/c14-10-4-5-11(12(15)7-10)8-2-1-3-9(6-8)13-16/h4-7,14-16H,1-3H2. The number of nitrogens with zero attached hydrogens (tertiary/aromatic N) is 1. The SMILES string of the molecule is ON=C1C=C(c2ccc(O)cc2O)CCC1. The minimum absolute atomic E-state index is 0.0358. The number of aromatic hydroxyl groups is 2. The molecule has 4 nitrogen and oxygen atoms in total. The van der Waals surface area contributed by atoms with Crippen LogP contribution in [-0.2, 0) is 0 Å². The fourth-order valence-corrected chi connectivity index (χ4v) is 1.89. The van der Waals surface area contributed by atoms with E-state index in [4.69, 9.17) is 5.21 Å². The molecule has 4 heteroatoms. The van der Waals surface area contributed by atoms with Crippen LogP contribution >= 0.6 is 0 Å². The lowest BCUT2D eigenvalue weighted by Gasteiger charge is -2.14. The molecule has 0 atom stereocenters. The van der Waals surface area contributed by atoms with Crippen LogP contribution in [0.4, 0.5) is 0 Å². The van der Waals surface area contributed by atoms with E-state index in [1.807, 2.05) is 0 Å². The zero-order valence-corrected chi connectivity index (χ0v) is 8.72. The third-order valence-corrected chi connectivity index (χ3v) is 2.68. The molecule has 3 N–H and O–H groups in total. The van der Waals surface area contributed by atoms with Gasteiger partial charge in [0, 0.05) is 11.6 Å². The fourth-order valence-electron chi connectivity index (χ4n) is 1.89. The van der Waals surface area contributed by atoms with Gasteiger partial charge in [-0.25, -0.2) is 0 Å². The van der Waals surface area contributed by atoms with Crippen LogP contribution < -0.4 is 0 Å². The van der Waals surface area contributed by atoms with Gasteiger partial charge in [0.15, 0.2) is 0 Å². The van der Waals surface area contributed by atoms with Gasteiger partial charge < -0.3 is 15.4 Å². The number of allylic oxidation sites excluding steroid dienone is 2. The average molecular weight is 219 g/mol. The lowest BCUT2D eigenvalue weighted by atomic mass is 9.92. The third-order valence-electron chi connectivity index (χ3n) is 2.68. The number of phenols is 2. The van der Waals surface area contributed by atoms with Gasteiger partial charge in [0.05, 0.1) is 5.71 Å². The van der Waals surface area contributed by atoms with Crippen molar-refractivity contribution in [2.24, 2.45) is 5.16 Å². The van der Waals surface area contributed by atoms with E-state index in [0.717, 1.165) is 24.8 Å². The zero-order chi connectivity index (χ0) is 11.5. The van der Waals surface area contributed by atoms with Crippen LogP contribution in [0.25, 0.3) is 5.57 Å². The molecule has 16 heavy (non-hydrogen) atoms. The number of oxime groups is 1. The highest BCUT2D eigenvalue weighted by molar-refractivity contribution is 6.02. The first-order valence-corrected chi connectivity index (χ1v) is 5.14. The van der Waals surface area contributed by atoms with Crippen molar-refractivity contribution >= 4 is 11.3 Å². The lowest BCUT2D eigenvalue weighted by molar-refractivity contribution is 0.318. The summed E-state index contributed by atoms with van der Waals surface area (Å²) in [6.07, 6.45) is 4.25. The Morgan fingerprint density at radius 3 is 2.62 bits per heavy atom. The second kappa shape index (κ2) is 4.26. The van der Waals surface area contributed by atoms with Gasteiger partial charge >= 0.3 is 0 Å². The maximum Gasteiger partial charge on any atom is 0.126 e. The molecule has 0 unspecified atom stereocenters. The first-order chi connectivity index (χ1) is 7.70. The average Bonchev–Trinajstić information content (AvgIpc) is 2.29. The second-order valence-corrected chi connectivity index (χ2v) is 3.82. The summed E-state index contributed by atoms with van der Waals surface area (Å²) in [6, 6.07) is 4.50. The number of rotatable bonds is 1. The molecule has 0 fully saturated rings. The topological polar surface area (TPSA) is 73.1 Å². The van der Waals surface area contributed by atoms with E-state index < -0.39 is 0 Å². The third kappa shape index (κ3) is 2.00. The molecule has 0 bridgehead atoms. The summed E-state index contributed by atoms with van der Waals surface area (Å²) in [6.45, 7) is 0. The smallest absolute Gasteiger partial charge is 0.126 e. The number of hydrogen-bond donors (Lipinski definition) is 3. The summed E-state index contributed by atoms with van der Waals surface area (Å²) >= 11 is 0. The first kappa shape index (κ1) is 10.5. The summed E-state index contributed by atoms with van der Waals surface area (Å²) in [5.74, 6) is 0.0825. The maximum absolute atomic E-state index is 9.70. The van der Waals surface area contributed by atoms with Gasteiger partial charge in [-0.1, -0.05) is 5.16 Å². The van der Waals surface area contributed by atoms with Gasteiger partial charge in [0.1, 0.15) is 11.5 Å². The Morgan fingerprint density at radius 1 is 1.12 bits per heavy atom. The van der Waals surface area contributed by atoms with Crippen LogP contribution in [0, 0.1) is 0 Å². The Labute approximate surface area is 93.2 Å². The van der Waals surface area contributed by atoms with Crippen molar-refractivity contribution in [2.75, 3.05) is 0 Å².